The number of hydrogen-bond donors (Lipinski definition) is 2. The highest BCUT2D eigenvalue weighted by atomic mass is 16.1. The van der Waals surface area contributed by atoms with Crippen LogP contribution in [-0.2, 0) is 7.05 Å². The van der Waals surface area contributed by atoms with Gasteiger partial charge in [0, 0.05) is 25.8 Å². The molecule has 0 fully saturated rings. The van der Waals surface area contributed by atoms with Gasteiger partial charge in [0.15, 0.2) is 0 Å². The van der Waals surface area contributed by atoms with E-state index in [9.17, 15) is 4.79 Å². The van der Waals surface area contributed by atoms with Gasteiger partial charge in [-0.15, -0.1) is 0 Å². The lowest BCUT2D eigenvalue weighted by atomic mass is 10.1. The van der Waals surface area contributed by atoms with Crippen molar-refractivity contribution in [1.82, 2.24) is 15.1 Å². The number of hydrogen-bond acceptors (Lipinski definition) is 3. The van der Waals surface area contributed by atoms with Crippen LogP contribution in [0.2, 0.25) is 0 Å². The van der Waals surface area contributed by atoms with Crippen molar-refractivity contribution in [1.29, 1.82) is 0 Å². The van der Waals surface area contributed by atoms with Crippen molar-refractivity contribution in [2.45, 2.75) is 26.8 Å². The number of carbonyl (C=O) groups excluding carboxylic acids is 1. The molecule has 16 heavy (non-hydrogen) atoms. The van der Waals surface area contributed by atoms with Crippen molar-refractivity contribution < 1.29 is 4.79 Å². The van der Waals surface area contributed by atoms with Crippen molar-refractivity contribution in [3.63, 3.8) is 0 Å². The van der Waals surface area contributed by atoms with E-state index in [1.807, 2.05) is 20.8 Å². The van der Waals surface area contributed by atoms with Crippen molar-refractivity contribution in [2.75, 3.05) is 6.54 Å². The first-order valence-corrected chi connectivity index (χ1v) is 5.45. The third-order valence-electron chi connectivity index (χ3n) is 2.61. The van der Waals surface area contributed by atoms with Gasteiger partial charge in [0.1, 0.15) is 0 Å². The van der Waals surface area contributed by atoms with Crippen LogP contribution in [0.5, 0.6) is 0 Å². The molecule has 0 aliphatic rings. The second-order valence-corrected chi connectivity index (χ2v) is 4.42. The largest absolute Gasteiger partial charge is 0.350 e. The number of aryl methyl sites for hydroxylation is 2. The minimum atomic E-state index is -0.110. The number of aromatic nitrogens is 2. The summed E-state index contributed by atoms with van der Waals surface area (Å²) in [6.45, 7) is 6.38. The Morgan fingerprint density at radius 2 is 2.25 bits per heavy atom. The van der Waals surface area contributed by atoms with E-state index in [2.05, 4.69) is 10.4 Å². The summed E-state index contributed by atoms with van der Waals surface area (Å²) >= 11 is 0. The fourth-order valence-corrected chi connectivity index (χ4v) is 1.36. The van der Waals surface area contributed by atoms with E-state index in [0.717, 1.165) is 5.69 Å². The SMILES string of the molecule is Cc1nn(C)cc1C(=O)NCC(N)C(C)C. The van der Waals surface area contributed by atoms with Crippen molar-refractivity contribution in [3.8, 4) is 0 Å². The van der Waals surface area contributed by atoms with Gasteiger partial charge in [0.2, 0.25) is 0 Å². The van der Waals surface area contributed by atoms with Gasteiger partial charge in [-0.05, 0) is 12.8 Å². The fourth-order valence-electron chi connectivity index (χ4n) is 1.36. The Labute approximate surface area is 96.0 Å². The van der Waals surface area contributed by atoms with E-state index in [1.165, 1.54) is 0 Å². The molecule has 0 aliphatic carbocycles. The Balaban J connectivity index is 2.56. The van der Waals surface area contributed by atoms with Gasteiger partial charge >= 0.3 is 0 Å². The molecule has 5 nitrogen and oxygen atoms in total. The molecule has 0 spiro atoms. The molecule has 1 amide bonds. The van der Waals surface area contributed by atoms with E-state index < -0.39 is 0 Å². The van der Waals surface area contributed by atoms with Gasteiger partial charge in [-0.2, -0.15) is 5.10 Å². The van der Waals surface area contributed by atoms with Crippen LogP contribution in [0.25, 0.3) is 0 Å². The van der Waals surface area contributed by atoms with Crippen LogP contribution < -0.4 is 11.1 Å². The molecule has 0 saturated heterocycles. The molecule has 1 rings (SSSR count). The first kappa shape index (κ1) is 12.7. The number of carbonyl (C=O) groups is 1. The number of nitrogens with one attached hydrogen (secondary N) is 1. The highest BCUT2D eigenvalue weighted by molar-refractivity contribution is 5.95. The van der Waals surface area contributed by atoms with Crippen LogP contribution in [0.3, 0.4) is 0 Å². The summed E-state index contributed by atoms with van der Waals surface area (Å²) in [5, 5.41) is 6.94. The summed E-state index contributed by atoms with van der Waals surface area (Å²) < 4.78 is 1.63. The summed E-state index contributed by atoms with van der Waals surface area (Å²) in [4.78, 5) is 11.8. The predicted molar refractivity (Wildman–Crippen MR) is 63.1 cm³/mol. The molecule has 1 unspecified atom stereocenters. The highest BCUT2D eigenvalue weighted by Crippen LogP contribution is 2.04. The van der Waals surface area contributed by atoms with Gasteiger partial charge in [-0.3, -0.25) is 9.48 Å². The lowest BCUT2D eigenvalue weighted by molar-refractivity contribution is 0.0948. The van der Waals surface area contributed by atoms with E-state index in [1.54, 1.807) is 17.9 Å². The molecule has 1 aromatic rings. The van der Waals surface area contributed by atoms with E-state index in [-0.39, 0.29) is 11.9 Å². The van der Waals surface area contributed by atoms with Crippen LogP contribution in [0.4, 0.5) is 0 Å². The Morgan fingerprint density at radius 3 is 2.69 bits per heavy atom. The van der Waals surface area contributed by atoms with Crippen LogP contribution >= 0.6 is 0 Å². The Hall–Kier alpha value is -1.36. The van der Waals surface area contributed by atoms with Gasteiger partial charge in [0.25, 0.3) is 5.91 Å². The average Bonchev–Trinajstić information content (AvgIpc) is 2.53. The predicted octanol–water partition coefficient (Wildman–Crippen LogP) is 0.442. The summed E-state index contributed by atoms with van der Waals surface area (Å²) in [6.07, 6.45) is 1.71. The number of nitrogens with zero attached hydrogens (tertiary/aromatic N) is 2. The second-order valence-electron chi connectivity index (χ2n) is 4.42. The molecule has 0 aliphatic heterocycles. The number of nitrogens with two attached hydrogens (primary N) is 1. The van der Waals surface area contributed by atoms with Crippen LogP contribution in [0.15, 0.2) is 6.20 Å². The van der Waals surface area contributed by atoms with E-state index >= 15 is 0 Å². The van der Waals surface area contributed by atoms with Crippen LogP contribution in [0.1, 0.15) is 29.9 Å². The smallest absolute Gasteiger partial charge is 0.254 e. The molecule has 0 aromatic carbocycles. The molecule has 1 heterocycles. The molecule has 1 atom stereocenters. The normalized spacial score (nSPS) is 12.9. The Kier molecular flexibility index (Phi) is 4.06. The number of amides is 1. The monoisotopic (exact) mass is 224 g/mol. The van der Waals surface area contributed by atoms with Crippen LogP contribution in [-0.4, -0.2) is 28.3 Å². The lowest BCUT2D eigenvalue weighted by Crippen LogP contribution is -2.40. The van der Waals surface area contributed by atoms with Gasteiger partial charge in [-0.25, -0.2) is 0 Å². The molecule has 5 heteroatoms. The molecule has 90 valence electrons. The average molecular weight is 224 g/mol. The second kappa shape index (κ2) is 5.12. The van der Waals surface area contributed by atoms with Gasteiger partial charge in [0.05, 0.1) is 11.3 Å². The molecule has 0 bridgehead atoms. The molecule has 0 saturated carbocycles. The van der Waals surface area contributed by atoms with E-state index in [4.69, 9.17) is 5.73 Å². The maximum absolute atomic E-state index is 11.8. The van der Waals surface area contributed by atoms with Gasteiger partial charge < -0.3 is 11.1 Å². The maximum Gasteiger partial charge on any atom is 0.254 e. The maximum atomic E-state index is 11.8. The zero-order chi connectivity index (χ0) is 12.3. The summed E-state index contributed by atoms with van der Waals surface area (Å²) in [7, 11) is 1.80. The van der Waals surface area contributed by atoms with E-state index in [0.29, 0.717) is 18.0 Å². The standard InChI is InChI=1S/C11H20N4O/c1-7(2)10(12)5-13-11(16)9-6-15(4)14-8(9)3/h6-7,10H,5,12H2,1-4H3,(H,13,16). The summed E-state index contributed by atoms with van der Waals surface area (Å²) in [5.41, 5.74) is 7.19. The summed E-state index contributed by atoms with van der Waals surface area (Å²) in [6, 6.07) is -0.0130. The third kappa shape index (κ3) is 3.06. The van der Waals surface area contributed by atoms with Crippen molar-refractivity contribution in [3.05, 3.63) is 17.5 Å². The highest BCUT2D eigenvalue weighted by Gasteiger charge is 2.14. The first-order valence-electron chi connectivity index (χ1n) is 5.45. The van der Waals surface area contributed by atoms with Gasteiger partial charge in [-0.1, -0.05) is 13.8 Å². The molecule has 3 N–H and O–H groups in total. The minimum Gasteiger partial charge on any atom is -0.350 e. The van der Waals surface area contributed by atoms with Crippen LogP contribution in [0, 0.1) is 12.8 Å². The molecule has 1 aromatic heterocycles. The Morgan fingerprint density at radius 1 is 1.62 bits per heavy atom. The lowest BCUT2D eigenvalue weighted by Gasteiger charge is -2.15. The molecular formula is C11H20N4O. The van der Waals surface area contributed by atoms with Crippen molar-refractivity contribution >= 4 is 5.91 Å². The summed E-state index contributed by atoms with van der Waals surface area (Å²) in [5.74, 6) is 0.247. The topological polar surface area (TPSA) is 72.9 Å². The first-order chi connectivity index (χ1) is 7.41. The number of rotatable bonds is 4. The zero-order valence-corrected chi connectivity index (χ0v) is 10.3. The van der Waals surface area contributed by atoms with Crippen molar-refractivity contribution in [2.24, 2.45) is 18.7 Å². The fraction of sp³-hybridized carbons (Fsp3) is 0.636. The minimum absolute atomic E-state index is 0.0130. The molecule has 0 radical (unpaired) electrons. The Bertz CT molecular complexity index is 370. The third-order valence-corrected chi connectivity index (χ3v) is 2.61. The molecular weight excluding hydrogens is 204 g/mol. The quantitative estimate of drug-likeness (QED) is 0.779. The zero-order valence-electron chi connectivity index (χ0n) is 10.3.